The van der Waals surface area contributed by atoms with Gasteiger partial charge in [0.1, 0.15) is 0 Å². The quantitative estimate of drug-likeness (QED) is 0.675. The molecular formula is C10H17ClN4O2S2. The van der Waals surface area contributed by atoms with Crippen LogP contribution in [0.4, 0.5) is 5.13 Å². The molecule has 0 bridgehead atoms. The summed E-state index contributed by atoms with van der Waals surface area (Å²) >= 11 is 2.65. The molecule has 9 heteroatoms. The second-order valence-electron chi connectivity index (χ2n) is 3.77. The molecule has 2 amide bonds. The van der Waals surface area contributed by atoms with Gasteiger partial charge in [-0.05, 0) is 6.92 Å². The molecule has 0 spiro atoms. The van der Waals surface area contributed by atoms with E-state index in [1.165, 1.54) is 23.1 Å². The molecule has 1 aromatic rings. The summed E-state index contributed by atoms with van der Waals surface area (Å²) in [5.41, 5.74) is 11.3. The van der Waals surface area contributed by atoms with Crippen molar-refractivity contribution in [1.29, 1.82) is 0 Å². The molecule has 6 nitrogen and oxygen atoms in total. The van der Waals surface area contributed by atoms with E-state index >= 15 is 0 Å². The lowest BCUT2D eigenvalue weighted by molar-refractivity contribution is -0.119. The molecule has 0 radical (unpaired) electrons. The molecule has 19 heavy (non-hydrogen) atoms. The van der Waals surface area contributed by atoms with Gasteiger partial charge in [0.05, 0.1) is 15.7 Å². The minimum Gasteiger partial charge on any atom is -0.369 e. The molecule has 0 saturated heterocycles. The molecule has 1 aromatic heterocycles. The van der Waals surface area contributed by atoms with Gasteiger partial charge in [0.2, 0.25) is 11.8 Å². The fraction of sp³-hybridized carbons (Fsp3) is 0.500. The van der Waals surface area contributed by atoms with E-state index in [0.717, 1.165) is 9.90 Å². The van der Waals surface area contributed by atoms with E-state index in [-0.39, 0.29) is 35.9 Å². The normalized spacial score (nSPS) is 11.5. The van der Waals surface area contributed by atoms with Crippen molar-refractivity contribution in [3.8, 4) is 0 Å². The number of nitrogens with two attached hydrogens (primary N) is 2. The number of nitrogens with one attached hydrogen (secondary N) is 1. The Labute approximate surface area is 126 Å². The monoisotopic (exact) mass is 324 g/mol. The van der Waals surface area contributed by atoms with Gasteiger partial charge in [-0.2, -0.15) is 0 Å². The number of thioether (sulfide) groups is 1. The van der Waals surface area contributed by atoms with Gasteiger partial charge in [-0.1, -0.05) is 18.3 Å². The number of halogens is 1. The number of carbonyl (C=O) groups is 2. The van der Waals surface area contributed by atoms with Crippen molar-refractivity contribution in [1.82, 2.24) is 4.98 Å². The standard InChI is InChI=1S/C10H16N4O2S2.ClH/c1-5(3-11)8(16)14-10-13-6(2)9(18-10)17-4-7(12)15;/h5H,3-4,11H2,1-2H3,(H2,12,15)(H,13,14,16);1H. The van der Waals surface area contributed by atoms with Crippen molar-refractivity contribution in [2.24, 2.45) is 17.4 Å². The average molecular weight is 325 g/mol. The molecule has 0 aromatic carbocycles. The summed E-state index contributed by atoms with van der Waals surface area (Å²) in [7, 11) is 0. The van der Waals surface area contributed by atoms with Crippen molar-refractivity contribution in [2.45, 2.75) is 18.1 Å². The number of amides is 2. The Kier molecular flexibility index (Phi) is 8.00. The van der Waals surface area contributed by atoms with Gasteiger partial charge in [-0.25, -0.2) is 4.98 Å². The van der Waals surface area contributed by atoms with E-state index in [1.54, 1.807) is 6.92 Å². The SMILES string of the molecule is Cc1nc(NC(=O)C(C)CN)sc1SCC(N)=O.Cl. The lowest BCUT2D eigenvalue weighted by atomic mass is 10.2. The summed E-state index contributed by atoms with van der Waals surface area (Å²) in [5, 5.41) is 3.22. The van der Waals surface area contributed by atoms with Crippen LogP contribution in [0.15, 0.2) is 4.21 Å². The molecule has 0 saturated carbocycles. The molecule has 0 aliphatic rings. The number of thiazole rings is 1. The molecule has 108 valence electrons. The van der Waals surface area contributed by atoms with Crippen LogP contribution in [0.2, 0.25) is 0 Å². The minimum absolute atomic E-state index is 0. The Balaban J connectivity index is 0.00000324. The van der Waals surface area contributed by atoms with Gasteiger partial charge in [0.25, 0.3) is 0 Å². The van der Waals surface area contributed by atoms with E-state index in [0.29, 0.717) is 11.7 Å². The zero-order chi connectivity index (χ0) is 13.7. The van der Waals surface area contributed by atoms with Crippen LogP contribution in [0.5, 0.6) is 0 Å². The zero-order valence-electron chi connectivity index (χ0n) is 10.6. The second kappa shape index (κ2) is 8.36. The Morgan fingerprint density at radius 2 is 2.16 bits per heavy atom. The summed E-state index contributed by atoms with van der Waals surface area (Å²) in [5.74, 6) is -0.584. The van der Waals surface area contributed by atoms with E-state index in [9.17, 15) is 9.59 Å². The summed E-state index contributed by atoms with van der Waals surface area (Å²) < 4.78 is 0.879. The van der Waals surface area contributed by atoms with Crippen molar-refractivity contribution >= 4 is 52.5 Å². The maximum absolute atomic E-state index is 11.6. The lowest BCUT2D eigenvalue weighted by Crippen LogP contribution is -2.26. The van der Waals surface area contributed by atoms with E-state index < -0.39 is 0 Å². The summed E-state index contributed by atoms with van der Waals surface area (Å²) in [6, 6.07) is 0. The van der Waals surface area contributed by atoms with E-state index in [2.05, 4.69) is 10.3 Å². The molecule has 0 aliphatic carbocycles. The van der Waals surface area contributed by atoms with Gasteiger partial charge in [0, 0.05) is 12.5 Å². The number of primary amides is 1. The molecular weight excluding hydrogens is 308 g/mol. The fourth-order valence-electron chi connectivity index (χ4n) is 1.04. The topological polar surface area (TPSA) is 111 Å². The smallest absolute Gasteiger partial charge is 0.230 e. The van der Waals surface area contributed by atoms with Gasteiger partial charge in [-0.15, -0.1) is 24.2 Å². The third-order valence-electron chi connectivity index (χ3n) is 2.13. The molecule has 1 rings (SSSR count). The summed E-state index contributed by atoms with van der Waals surface area (Å²) in [6.07, 6.45) is 0. The van der Waals surface area contributed by atoms with Crippen LogP contribution in [-0.2, 0) is 9.59 Å². The van der Waals surface area contributed by atoms with E-state index in [1.807, 2.05) is 6.92 Å². The first-order valence-electron chi connectivity index (χ1n) is 5.33. The van der Waals surface area contributed by atoms with Gasteiger partial charge in [-0.3, -0.25) is 9.59 Å². The highest BCUT2D eigenvalue weighted by atomic mass is 35.5. The second-order valence-corrected chi connectivity index (χ2v) is 6.02. The first kappa shape index (κ1) is 18.2. The number of aromatic nitrogens is 1. The fourth-order valence-corrected chi connectivity index (χ4v) is 2.92. The Hall–Kier alpha value is -0.830. The molecule has 1 unspecified atom stereocenters. The molecule has 0 fully saturated rings. The highest BCUT2D eigenvalue weighted by molar-refractivity contribution is 8.01. The Morgan fingerprint density at radius 3 is 2.68 bits per heavy atom. The van der Waals surface area contributed by atoms with E-state index in [4.69, 9.17) is 11.5 Å². The van der Waals surface area contributed by atoms with Crippen molar-refractivity contribution in [2.75, 3.05) is 17.6 Å². The van der Waals surface area contributed by atoms with Crippen LogP contribution in [0.1, 0.15) is 12.6 Å². The van der Waals surface area contributed by atoms with Crippen LogP contribution in [-0.4, -0.2) is 29.1 Å². The molecule has 0 aliphatic heterocycles. The average Bonchev–Trinajstić information content (AvgIpc) is 2.65. The highest BCUT2D eigenvalue weighted by Gasteiger charge is 2.15. The van der Waals surface area contributed by atoms with Crippen LogP contribution in [0, 0.1) is 12.8 Å². The van der Waals surface area contributed by atoms with Crippen molar-refractivity contribution in [3.63, 3.8) is 0 Å². The maximum atomic E-state index is 11.6. The third-order valence-corrected chi connectivity index (χ3v) is 4.59. The number of anilines is 1. The highest BCUT2D eigenvalue weighted by Crippen LogP contribution is 2.31. The number of hydrogen-bond donors (Lipinski definition) is 3. The molecule has 1 atom stereocenters. The van der Waals surface area contributed by atoms with Crippen LogP contribution >= 0.6 is 35.5 Å². The van der Waals surface area contributed by atoms with Gasteiger partial charge < -0.3 is 16.8 Å². The first-order valence-corrected chi connectivity index (χ1v) is 7.13. The summed E-state index contributed by atoms with van der Waals surface area (Å²) in [6.45, 7) is 3.86. The largest absolute Gasteiger partial charge is 0.369 e. The number of aryl methyl sites for hydroxylation is 1. The minimum atomic E-state index is -0.380. The number of hydrogen-bond acceptors (Lipinski definition) is 6. The zero-order valence-corrected chi connectivity index (χ0v) is 13.1. The number of carbonyl (C=O) groups excluding carboxylic acids is 2. The van der Waals surface area contributed by atoms with Crippen molar-refractivity contribution in [3.05, 3.63) is 5.69 Å². The lowest BCUT2D eigenvalue weighted by Gasteiger charge is -2.06. The Bertz CT molecular complexity index is 453. The molecule has 5 N–H and O–H groups in total. The van der Waals surface area contributed by atoms with Crippen molar-refractivity contribution < 1.29 is 9.59 Å². The number of nitrogens with zero attached hydrogens (tertiary/aromatic N) is 1. The van der Waals surface area contributed by atoms with Gasteiger partial charge >= 0.3 is 0 Å². The first-order chi connectivity index (χ1) is 8.43. The Morgan fingerprint density at radius 1 is 1.53 bits per heavy atom. The third kappa shape index (κ3) is 5.77. The van der Waals surface area contributed by atoms with Crippen LogP contribution in [0.25, 0.3) is 0 Å². The van der Waals surface area contributed by atoms with Crippen LogP contribution < -0.4 is 16.8 Å². The predicted octanol–water partition coefficient (Wildman–Crippen LogP) is 0.984. The molecule has 1 heterocycles. The van der Waals surface area contributed by atoms with Gasteiger partial charge in [0.15, 0.2) is 5.13 Å². The maximum Gasteiger partial charge on any atom is 0.230 e. The van der Waals surface area contributed by atoms with Crippen LogP contribution in [0.3, 0.4) is 0 Å². The number of rotatable bonds is 6. The predicted molar refractivity (Wildman–Crippen MR) is 80.9 cm³/mol. The summed E-state index contributed by atoms with van der Waals surface area (Å²) in [4.78, 5) is 26.5.